The first-order valence-corrected chi connectivity index (χ1v) is 6.32. The molecule has 0 aromatic carbocycles. The van der Waals surface area contributed by atoms with Crippen LogP contribution in [-0.4, -0.2) is 46.8 Å². The maximum absolute atomic E-state index is 11.3. The van der Waals surface area contributed by atoms with E-state index in [-0.39, 0.29) is 30.7 Å². The van der Waals surface area contributed by atoms with E-state index in [1.807, 2.05) is 0 Å². The molecule has 7 nitrogen and oxygen atoms in total. The first-order chi connectivity index (χ1) is 9.00. The van der Waals surface area contributed by atoms with Gasteiger partial charge in [-0.3, -0.25) is 24.1 Å². The summed E-state index contributed by atoms with van der Waals surface area (Å²) in [5.41, 5.74) is 0. The van der Waals surface area contributed by atoms with Crippen molar-refractivity contribution in [2.75, 3.05) is 13.1 Å². The van der Waals surface area contributed by atoms with E-state index in [0.717, 1.165) is 6.42 Å². The van der Waals surface area contributed by atoms with Crippen molar-refractivity contribution in [1.29, 1.82) is 0 Å². The first kappa shape index (κ1) is 15.1. The fourth-order valence-corrected chi connectivity index (χ4v) is 1.87. The van der Waals surface area contributed by atoms with E-state index >= 15 is 0 Å². The predicted molar refractivity (Wildman–Crippen MR) is 65.1 cm³/mol. The number of likely N-dealkylation sites (tertiary alicyclic amines) is 1. The molecule has 1 saturated heterocycles. The van der Waals surface area contributed by atoms with Crippen molar-refractivity contribution in [3.05, 3.63) is 0 Å². The Hall–Kier alpha value is -1.92. The van der Waals surface area contributed by atoms with Gasteiger partial charge in [0, 0.05) is 25.8 Å². The van der Waals surface area contributed by atoms with Gasteiger partial charge in [0.2, 0.25) is 17.7 Å². The Morgan fingerprint density at radius 1 is 1.11 bits per heavy atom. The highest BCUT2D eigenvalue weighted by atomic mass is 16.4. The van der Waals surface area contributed by atoms with Gasteiger partial charge in [-0.15, -0.1) is 0 Å². The SMILES string of the molecule is O=C(O)CNC(=O)CCCCCN1C(=O)CCC1=O. The largest absolute Gasteiger partial charge is 0.480 e. The number of nitrogens with one attached hydrogen (secondary N) is 1. The van der Waals surface area contributed by atoms with E-state index in [9.17, 15) is 19.2 Å². The molecular formula is C12H18N2O5. The van der Waals surface area contributed by atoms with Crippen LogP contribution in [-0.2, 0) is 19.2 Å². The van der Waals surface area contributed by atoms with Crippen LogP contribution in [0.25, 0.3) is 0 Å². The molecule has 7 heteroatoms. The number of rotatable bonds is 8. The maximum Gasteiger partial charge on any atom is 0.322 e. The van der Waals surface area contributed by atoms with Crippen molar-refractivity contribution in [2.45, 2.75) is 38.5 Å². The molecule has 19 heavy (non-hydrogen) atoms. The van der Waals surface area contributed by atoms with E-state index in [1.165, 1.54) is 4.90 Å². The highest BCUT2D eigenvalue weighted by Crippen LogP contribution is 2.13. The molecule has 1 rings (SSSR count). The molecular weight excluding hydrogens is 252 g/mol. The minimum atomic E-state index is -1.07. The van der Waals surface area contributed by atoms with Gasteiger partial charge in [0.25, 0.3) is 0 Å². The summed E-state index contributed by atoms with van der Waals surface area (Å²) in [6, 6.07) is 0. The molecule has 1 heterocycles. The van der Waals surface area contributed by atoms with Crippen LogP contribution < -0.4 is 5.32 Å². The van der Waals surface area contributed by atoms with Crippen molar-refractivity contribution in [3.8, 4) is 0 Å². The second-order valence-electron chi connectivity index (χ2n) is 4.42. The van der Waals surface area contributed by atoms with Crippen LogP contribution in [0.4, 0.5) is 0 Å². The van der Waals surface area contributed by atoms with Crippen molar-refractivity contribution >= 4 is 23.7 Å². The molecule has 0 bridgehead atoms. The highest BCUT2D eigenvalue weighted by molar-refractivity contribution is 6.01. The molecule has 0 aromatic rings. The summed E-state index contributed by atoms with van der Waals surface area (Å²) in [7, 11) is 0. The van der Waals surface area contributed by atoms with Gasteiger partial charge in [0.15, 0.2) is 0 Å². The summed E-state index contributed by atoms with van der Waals surface area (Å²) in [4.78, 5) is 45.2. The van der Waals surface area contributed by atoms with Crippen LogP contribution in [0.5, 0.6) is 0 Å². The number of amides is 3. The van der Waals surface area contributed by atoms with Gasteiger partial charge in [-0.05, 0) is 12.8 Å². The van der Waals surface area contributed by atoms with Crippen molar-refractivity contribution in [1.82, 2.24) is 10.2 Å². The van der Waals surface area contributed by atoms with Gasteiger partial charge in [0.1, 0.15) is 6.54 Å². The van der Waals surface area contributed by atoms with Crippen LogP contribution in [0.15, 0.2) is 0 Å². The predicted octanol–water partition coefficient (Wildman–Crippen LogP) is -0.103. The Bertz CT molecular complexity index is 364. The summed E-state index contributed by atoms with van der Waals surface area (Å²) in [6.45, 7) is 0.0457. The Morgan fingerprint density at radius 2 is 1.74 bits per heavy atom. The average Bonchev–Trinajstić information content (AvgIpc) is 2.67. The second kappa shape index (κ2) is 7.50. The number of carbonyl (C=O) groups excluding carboxylic acids is 3. The zero-order valence-corrected chi connectivity index (χ0v) is 10.7. The third-order valence-corrected chi connectivity index (χ3v) is 2.88. The van der Waals surface area contributed by atoms with Gasteiger partial charge < -0.3 is 10.4 Å². The van der Waals surface area contributed by atoms with E-state index in [1.54, 1.807) is 0 Å². The first-order valence-electron chi connectivity index (χ1n) is 6.32. The van der Waals surface area contributed by atoms with E-state index in [2.05, 4.69) is 5.32 Å². The minimum absolute atomic E-state index is 0.121. The summed E-state index contributed by atoms with van der Waals surface area (Å²) < 4.78 is 0. The van der Waals surface area contributed by atoms with Crippen LogP contribution in [0, 0.1) is 0 Å². The summed E-state index contributed by atoms with van der Waals surface area (Å²) in [5, 5.41) is 10.6. The molecule has 2 N–H and O–H groups in total. The minimum Gasteiger partial charge on any atom is -0.480 e. The van der Waals surface area contributed by atoms with Gasteiger partial charge in [-0.1, -0.05) is 6.42 Å². The number of hydrogen-bond acceptors (Lipinski definition) is 4. The zero-order valence-electron chi connectivity index (χ0n) is 10.7. The van der Waals surface area contributed by atoms with E-state index < -0.39 is 5.97 Å². The number of aliphatic carboxylic acids is 1. The second-order valence-corrected chi connectivity index (χ2v) is 4.42. The molecule has 3 amide bonds. The fraction of sp³-hybridized carbons (Fsp3) is 0.667. The molecule has 1 aliphatic heterocycles. The van der Waals surface area contributed by atoms with Gasteiger partial charge in [-0.25, -0.2) is 0 Å². The van der Waals surface area contributed by atoms with Crippen molar-refractivity contribution < 1.29 is 24.3 Å². The summed E-state index contributed by atoms with van der Waals surface area (Å²) in [5.74, 6) is -1.61. The Kier molecular flexibility index (Phi) is 5.98. The molecule has 0 aliphatic carbocycles. The lowest BCUT2D eigenvalue weighted by Gasteiger charge is -2.12. The number of carboxylic acid groups (broad SMARTS) is 1. The molecule has 0 spiro atoms. The van der Waals surface area contributed by atoms with Gasteiger partial charge in [-0.2, -0.15) is 0 Å². The van der Waals surface area contributed by atoms with E-state index in [4.69, 9.17) is 5.11 Å². The number of carbonyl (C=O) groups is 4. The lowest BCUT2D eigenvalue weighted by Crippen LogP contribution is -2.30. The molecule has 0 atom stereocenters. The lowest BCUT2D eigenvalue weighted by atomic mass is 10.2. The number of carboxylic acids is 1. The maximum atomic E-state index is 11.3. The average molecular weight is 270 g/mol. The Balaban J connectivity index is 2.05. The molecule has 0 saturated carbocycles. The normalized spacial score (nSPS) is 14.8. The highest BCUT2D eigenvalue weighted by Gasteiger charge is 2.27. The zero-order chi connectivity index (χ0) is 14.3. The number of hydrogen-bond donors (Lipinski definition) is 2. The molecule has 1 fully saturated rings. The van der Waals surface area contributed by atoms with Crippen molar-refractivity contribution in [2.24, 2.45) is 0 Å². The van der Waals surface area contributed by atoms with Gasteiger partial charge in [0.05, 0.1) is 0 Å². The molecule has 0 aromatic heterocycles. The van der Waals surface area contributed by atoms with Crippen LogP contribution >= 0.6 is 0 Å². The third kappa shape index (κ3) is 5.50. The Morgan fingerprint density at radius 3 is 2.32 bits per heavy atom. The molecule has 1 aliphatic rings. The smallest absolute Gasteiger partial charge is 0.322 e. The number of imide groups is 1. The monoisotopic (exact) mass is 270 g/mol. The van der Waals surface area contributed by atoms with E-state index in [0.29, 0.717) is 32.2 Å². The number of unbranched alkanes of at least 4 members (excludes halogenated alkanes) is 2. The van der Waals surface area contributed by atoms with Crippen molar-refractivity contribution in [3.63, 3.8) is 0 Å². The van der Waals surface area contributed by atoms with Crippen LogP contribution in [0.1, 0.15) is 38.5 Å². The molecule has 106 valence electrons. The third-order valence-electron chi connectivity index (χ3n) is 2.88. The van der Waals surface area contributed by atoms with Crippen LogP contribution in [0.3, 0.4) is 0 Å². The lowest BCUT2D eigenvalue weighted by molar-refractivity contribution is -0.139. The quantitative estimate of drug-likeness (QED) is 0.473. The van der Waals surface area contributed by atoms with Crippen LogP contribution in [0.2, 0.25) is 0 Å². The number of nitrogens with zero attached hydrogens (tertiary/aromatic N) is 1. The van der Waals surface area contributed by atoms with Gasteiger partial charge >= 0.3 is 5.97 Å². The fourth-order valence-electron chi connectivity index (χ4n) is 1.87. The molecule has 0 radical (unpaired) electrons. The Labute approximate surface area is 110 Å². The summed E-state index contributed by atoms with van der Waals surface area (Å²) in [6.07, 6.45) is 2.87. The topological polar surface area (TPSA) is 104 Å². The molecule has 0 unspecified atom stereocenters. The summed E-state index contributed by atoms with van der Waals surface area (Å²) >= 11 is 0. The standard InChI is InChI=1S/C12H18N2O5/c15-9(13-8-12(18)19)4-2-1-3-7-14-10(16)5-6-11(14)17/h1-8H2,(H,13,15)(H,18,19).